The second-order valence-corrected chi connectivity index (χ2v) is 7.52. The van der Waals surface area contributed by atoms with E-state index in [9.17, 15) is 15.3 Å². The Balaban J connectivity index is 1.83. The van der Waals surface area contributed by atoms with Gasteiger partial charge in [0.25, 0.3) is 0 Å². The second-order valence-electron chi connectivity index (χ2n) is 6.71. The van der Waals surface area contributed by atoms with Gasteiger partial charge in [-0.25, -0.2) is 4.98 Å². The minimum Gasteiger partial charge on any atom is -0.396 e. The molecular weight excluding hydrogens is 353 g/mol. The summed E-state index contributed by atoms with van der Waals surface area (Å²) in [5.74, 6) is 0.277. The van der Waals surface area contributed by atoms with Crippen molar-refractivity contribution in [3.05, 3.63) is 22.2 Å². The van der Waals surface area contributed by atoms with Gasteiger partial charge in [-0.2, -0.15) is 0 Å². The highest BCUT2D eigenvalue weighted by Gasteiger charge is 2.43. The fourth-order valence-electron chi connectivity index (χ4n) is 3.47. The number of anilines is 1. The first-order valence-electron chi connectivity index (χ1n) is 8.10. The predicted octanol–water partition coefficient (Wildman–Crippen LogP) is 2.19. The molecule has 6 nitrogen and oxygen atoms in total. The number of imidazole rings is 1. The molecule has 1 aromatic heterocycles. The fourth-order valence-corrected chi connectivity index (χ4v) is 3.79. The minimum atomic E-state index is -0.978. The number of nitrogens with one attached hydrogen (secondary N) is 1. The minimum absolute atomic E-state index is 0.167. The Morgan fingerprint density at radius 3 is 2.50 bits per heavy atom. The number of nitrogens with zero attached hydrogens (tertiary/aromatic N) is 2. The quantitative estimate of drug-likeness (QED) is 0.661. The Kier molecular flexibility index (Phi) is 4.13. The number of aromatic nitrogens is 2. The number of benzene rings is 1. The molecule has 0 aliphatic heterocycles. The van der Waals surface area contributed by atoms with Crippen LogP contribution in [0.5, 0.6) is 0 Å². The van der Waals surface area contributed by atoms with Gasteiger partial charge in [0.2, 0.25) is 5.95 Å². The molecule has 2 aliphatic carbocycles. The van der Waals surface area contributed by atoms with Crippen LogP contribution in [0.25, 0.3) is 11.0 Å². The van der Waals surface area contributed by atoms with E-state index in [2.05, 4.69) is 10.3 Å². The topological polar surface area (TPSA) is 90.5 Å². The van der Waals surface area contributed by atoms with Gasteiger partial charge in [0.15, 0.2) is 0 Å². The van der Waals surface area contributed by atoms with Crippen LogP contribution in [0.15, 0.2) is 12.1 Å². The van der Waals surface area contributed by atoms with Crippen LogP contribution < -0.4 is 5.32 Å². The first kappa shape index (κ1) is 16.4. The number of hydrogen-bond donors (Lipinski definition) is 4. The molecule has 0 radical (unpaired) electrons. The van der Waals surface area contributed by atoms with Gasteiger partial charge in [-0.15, -0.1) is 0 Å². The highest BCUT2D eigenvalue weighted by atomic mass is 35.5. The molecule has 4 N–H and O–H groups in total. The summed E-state index contributed by atoms with van der Waals surface area (Å²) in [7, 11) is 0. The van der Waals surface area contributed by atoms with E-state index in [1.54, 1.807) is 12.1 Å². The highest BCUT2D eigenvalue weighted by Crippen LogP contribution is 2.41. The first-order chi connectivity index (χ1) is 11.5. The Bertz CT molecular complexity index is 778. The molecular formula is C16H19Cl2N3O3. The summed E-state index contributed by atoms with van der Waals surface area (Å²) in [6, 6.07) is 3.43. The third kappa shape index (κ3) is 2.66. The van der Waals surface area contributed by atoms with Crippen LogP contribution in [0.4, 0.5) is 5.95 Å². The van der Waals surface area contributed by atoms with Crippen molar-refractivity contribution in [3.8, 4) is 0 Å². The maximum atomic E-state index is 10.5. The van der Waals surface area contributed by atoms with Crippen molar-refractivity contribution in [1.82, 2.24) is 9.55 Å². The van der Waals surface area contributed by atoms with Gasteiger partial charge in [-0.1, -0.05) is 23.2 Å². The van der Waals surface area contributed by atoms with Crippen molar-refractivity contribution in [2.24, 2.45) is 5.92 Å². The maximum absolute atomic E-state index is 10.5. The number of rotatable bonds is 4. The smallest absolute Gasteiger partial charge is 0.204 e. The summed E-state index contributed by atoms with van der Waals surface area (Å²) in [6.07, 6.45) is 0.687. The SMILES string of the molecule is OC[C@H]1CC(n2c(NC3CC3)nc3cc(Cl)c(Cl)cc32)[C@H](O)[C@@H]1O. The van der Waals surface area contributed by atoms with Crippen molar-refractivity contribution in [2.75, 3.05) is 11.9 Å². The molecule has 1 heterocycles. The zero-order valence-electron chi connectivity index (χ0n) is 12.9. The maximum Gasteiger partial charge on any atom is 0.204 e. The molecule has 8 heteroatoms. The molecule has 0 bridgehead atoms. The van der Waals surface area contributed by atoms with Crippen LogP contribution in [0.3, 0.4) is 0 Å². The molecule has 0 amide bonds. The molecule has 130 valence electrons. The van der Waals surface area contributed by atoms with E-state index in [1.165, 1.54) is 0 Å². The van der Waals surface area contributed by atoms with Crippen LogP contribution in [0.1, 0.15) is 25.3 Å². The average Bonchev–Trinajstić information content (AvgIpc) is 3.25. The Morgan fingerprint density at radius 1 is 1.17 bits per heavy atom. The molecule has 2 aromatic rings. The molecule has 2 aliphatic rings. The van der Waals surface area contributed by atoms with Gasteiger partial charge < -0.3 is 25.2 Å². The van der Waals surface area contributed by atoms with Crippen LogP contribution in [-0.2, 0) is 0 Å². The van der Waals surface area contributed by atoms with Crippen LogP contribution >= 0.6 is 23.2 Å². The monoisotopic (exact) mass is 371 g/mol. The summed E-state index contributed by atoms with van der Waals surface area (Å²) >= 11 is 12.3. The molecule has 0 saturated heterocycles. The number of aliphatic hydroxyl groups excluding tert-OH is 3. The summed E-state index contributed by atoms with van der Waals surface area (Å²) in [5.41, 5.74) is 1.43. The number of fused-ring (bicyclic) bond motifs is 1. The lowest BCUT2D eigenvalue weighted by atomic mass is 10.1. The van der Waals surface area contributed by atoms with E-state index in [0.29, 0.717) is 34.0 Å². The molecule has 1 aromatic carbocycles. The first-order valence-corrected chi connectivity index (χ1v) is 8.85. The third-order valence-corrected chi connectivity index (χ3v) is 5.70. The molecule has 24 heavy (non-hydrogen) atoms. The molecule has 1 unspecified atom stereocenters. The average molecular weight is 372 g/mol. The standard InChI is InChI=1S/C16H19Cl2N3O3/c17-9-4-11-12(5-10(9)18)21(16(20-11)19-8-1-2-8)13-3-7(6-22)14(23)15(13)24/h4-5,7-8,13-15,22-24H,1-3,6H2,(H,19,20)/t7-,13?,14-,15+/m1/s1. The zero-order chi connectivity index (χ0) is 17.0. The molecule has 2 saturated carbocycles. The fraction of sp³-hybridized carbons (Fsp3) is 0.562. The van der Waals surface area contributed by atoms with Gasteiger partial charge in [0.05, 0.1) is 33.2 Å². The van der Waals surface area contributed by atoms with Crippen LogP contribution in [0.2, 0.25) is 10.0 Å². The van der Waals surface area contributed by atoms with Crippen molar-refractivity contribution in [1.29, 1.82) is 0 Å². The van der Waals surface area contributed by atoms with Crippen molar-refractivity contribution >= 4 is 40.2 Å². The zero-order valence-corrected chi connectivity index (χ0v) is 14.4. The highest BCUT2D eigenvalue weighted by molar-refractivity contribution is 6.42. The Hall–Kier alpha value is -1.05. The van der Waals surface area contributed by atoms with E-state index >= 15 is 0 Å². The van der Waals surface area contributed by atoms with Gasteiger partial charge >= 0.3 is 0 Å². The summed E-state index contributed by atoms with van der Waals surface area (Å²) in [5, 5.41) is 34.3. The van der Waals surface area contributed by atoms with E-state index in [4.69, 9.17) is 23.2 Å². The van der Waals surface area contributed by atoms with Gasteiger partial charge in [0.1, 0.15) is 6.10 Å². The van der Waals surface area contributed by atoms with Crippen molar-refractivity contribution in [2.45, 2.75) is 43.6 Å². The lowest BCUT2D eigenvalue weighted by Crippen LogP contribution is -2.30. The van der Waals surface area contributed by atoms with E-state index in [0.717, 1.165) is 18.4 Å². The van der Waals surface area contributed by atoms with Crippen LogP contribution in [-0.4, -0.2) is 49.7 Å². The number of hydrogen-bond acceptors (Lipinski definition) is 5. The molecule has 2 fully saturated rings. The lowest BCUT2D eigenvalue weighted by molar-refractivity contribution is -0.00345. The van der Waals surface area contributed by atoms with E-state index < -0.39 is 12.2 Å². The number of halogens is 2. The number of aliphatic hydroxyl groups is 3. The van der Waals surface area contributed by atoms with Crippen molar-refractivity contribution in [3.63, 3.8) is 0 Å². The predicted molar refractivity (Wildman–Crippen MR) is 92.6 cm³/mol. The van der Waals surface area contributed by atoms with Gasteiger partial charge in [-0.05, 0) is 31.4 Å². The van der Waals surface area contributed by atoms with Gasteiger partial charge in [0, 0.05) is 18.6 Å². The van der Waals surface area contributed by atoms with Gasteiger partial charge in [-0.3, -0.25) is 0 Å². The second kappa shape index (κ2) is 6.04. The molecule has 4 rings (SSSR count). The van der Waals surface area contributed by atoms with E-state index in [-0.39, 0.29) is 18.6 Å². The lowest BCUT2D eigenvalue weighted by Gasteiger charge is -2.21. The summed E-state index contributed by atoms with van der Waals surface area (Å²) < 4.78 is 1.89. The summed E-state index contributed by atoms with van der Waals surface area (Å²) in [4.78, 5) is 4.60. The Labute approximate surface area is 149 Å². The summed E-state index contributed by atoms with van der Waals surface area (Å²) in [6.45, 7) is -0.167. The Morgan fingerprint density at radius 2 is 1.88 bits per heavy atom. The normalized spacial score (nSPS) is 30.2. The molecule has 4 atom stereocenters. The van der Waals surface area contributed by atoms with Crippen LogP contribution in [0, 0.1) is 5.92 Å². The van der Waals surface area contributed by atoms with E-state index in [1.807, 2.05) is 4.57 Å². The largest absolute Gasteiger partial charge is 0.396 e. The molecule has 0 spiro atoms. The third-order valence-electron chi connectivity index (χ3n) is 4.98. The van der Waals surface area contributed by atoms with Crippen molar-refractivity contribution < 1.29 is 15.3 Å².